The molecular formula is C17H11N3O3S2. The SMILES string of the molecule is COC(=O)c1ccc(/C=c2/sc3nc(-c4cccs4)nn3c2=O)cc1. The Morgan fingerprint density at radius 1 is 1.24 bits per heavy atom. The molecule has 124 valence electrons. The summed E-state index contributed by atoms with van der Waals surface area (Å²) in [7, 11) is 1.34. The molecule has 0 N–H and O–H groups in total. The van der Waals surface area contributed by atoms with E-state index in [4.69, 9.17) is 0 Å². The molecule has 0 aliphatic rings. The molecule has 0 saturated heterocycles. The van der Waals surface area contributed by atoms with Crippen LogP contribution in [0.2, 0.25) is 0 Å². The van der Waals surface area contributed by atoms with Gasteiger partial charge in [0.25, 0.3) is 5.56 Å². The topological polar surface area (TPSA) is 73.6 Å². The summed E-state index contributed by atoms with van der Waals surface area (Å²) in [5, 5.41) is 6.24. The van der Waals surface area contributed by atoms with Crippen LogP contribution in [0.5, 0.6) is 0 Å². The number of aromatic nitrogens is 3. The molecule has 4 rings (SSSR count). The molecule has 0 saturated carbocycles. The van der Waals surface area contributed by atoms with E-state index in [9.17, 15) is 9.59 Å². The first-order chi connectivity index (χ1) is 12.2. The maximum atomic E-state index is 12.5. The van der Waals surface area contributed by atoms with Gasteiger partial charge in [0.2, 0.25) is 4.96 Å². The van der Waals surface area contributed by atoms with Gasteiger partial charge in [-0.15, -0.1) is 16.4 Å². The lowest BCUT2D eigenvalue weighted by Crippen LogP contribution is -2.23. The summed E-state index contributed by atoms with van der Waals surface area (Å²) < 4.78 is 6.54. The number of hydrogen-bond acceptors (Lipinski definition) is 7. The summed E-state index contributed by atoms with van der Waals surface area (Å²) in [6.07, 6.45) is 1.76. The number of hydrogen-bond donors (Lipinski definition) is 0. The third kappa shape index (κ3) is 2.86. The second kappa shape index (κ2) is 6.23. The van der Waals surface area contributed by atoms with Crippen molar-refractivity contribution in [1.29, 1.82) is 0 Å². The highest BCUT2D eigenvalue weighted by Crippen LogP contribution is 2.21. The molecule has 8 heteroatoms. The lowest BCUT2D eigenvalue weighted by Gasteiger charge is -1.98. The quantitative estimate of drug-likeness (QED) is 0.518. The molecule has 0 aliphatic carbocycles. The summed E-state index contributed by atoms with van der Waals surface area (Å²) in [5.41, 5.74) is 1.07. The molecule has 0 spiro atoms. The Hall–Kier alpha value is -2.84. The highest BCUT2D eigenvalue weighted by atomic mass is 32.1. The number of esters is 1. The number of methoxy groups -OCH3 is 1. The van der Waals surface area contributed by atoms with Gasteiger partial charge in [0.05, 0.1) is 22.1 Å². The van der Waals surface area contributed by atoms with Crippen LogP contribution in [0.1, 0.15) is 15.9 Å². The molecule has 0 fully saturated rings. The van der Waals surface area contributed by atoms with Crippen LogP contribution in [0.25, 0.3) is 21.7 Å². The van der Waals surface area contributed by atoms with Crippen molar-refractivity contribution in [2.75, 3.05) is 7.11 Å². The largest absolute Gasteiger partial charge is 0.465 e. The fourth-order valence-corrected chi connectivity index (χ4v) is 3.89. The third-order valence-electron chi connectivity index (χ3n) is 3.55. The first kappa shape index (κ1) is 15.7. The van der Waals surface area contributed by atoms with E-state index in [0.29, 0.717) is 20.9 Å². The van der Waals surface area contributed by atoms with Gasteiger partial charge in [-0.05, 0) is 35.2 Å². The predicted molar refractivity (Wildman–Crippen MR) is 97.0 cm³/mol. The summed E-state index contributed by atoms with van der Waals surface area (Å²) >= 11 is 2.82. The van der Waals surface area contributed by atoms with Gasteiger partial charge in [-0.2, -0.15) is 9.50 Å². The predicted octanol–water partition coefficient (Wildman–Crippen LogP) is 2.21. The van der Waals surface area contributed by atoms with Crippen LogP contribution in [0.4, 0.5) is 0 Å². The summed E-state index contributed by atoms with van der Waals surface area (Å²) in [6.45, 7) is 0. The van der Waals surface area contributed by atoms with Crippen LogP contribution in [-0.2, 0) is 4.74 Å². The van der Waals surface area contributed by atoms with Gasteiger partial charge < -0.3 is 4.74 Å². The number of carbonyl (C=O) groups is 1. The highest BCUT2D eigenvalue weighted by molar-refractivity contribution is 7.15. The number of rotatable bonds is 3. The van der Waals surface area contributed by atoms with E-state index < -0.39 is 5.97 Å². The van der Waals surface area contributed by atoms with E-state index in [0.717, 1.165) is 10.4 Å². The van der Waals surface area contributed by atoms with Crippen LogP contribution < -0.4 is 10.1 Å². The van der Waals surface area contributed by atoms with Crippen molar-refractivity contribution in [3.05, 3.63) is 67.8 Å². The van der Waals surface area contributed by atoms with Gasteiger partial charge >= 0.3 is 5.97 Å². The second-order valence-corrected chi connectivity index (χ2v) is 7.09. The maximum Gasteiger partial charge on any atom is 0.337 e. The van der Waals surface area contributed by atoms with Crippen LogP contribution in [-0.4, -0.2) is 27.7 Å². The Bertz CT molecular complexity index is 1160. The van der Waals surface area contributed by atoms with Gasteiger partial charge in [-0.3, -0.25) is 4.79 Å². The van der Waals surface area contributed by atoms with Crippen molar-refractivity contribution < 1.29 is 9.53 Å². The minimum Gasteiger partial charge on any atom is -0.465 e. The minimum atomic E-state index is -0.393. The van der Waals surface area contributed by atoms with Crippen LogP contribution in [0.15, 0.2) is 46.6 Å². The zero-order valence-corrected chi connectivity index (χ0v) is 14.6. The van der Waals surface area contributed by atoms with E-state index in [1.807, 2.05) is 17.5 Å². The van der Waals surface area contributed by atoms with Gasteiger partial charge in [0.1, 0.15) is 0 Å². The number of ether oxygens (including phenoxy) is 1. The van der Waals surface area contributed by atoms with Crippen LogP contribution in [0, 0.1) is 0 Å². The number of nitrogens with zero attached hydrogens (tertiary/aromatic N) is 3. The second-order valence-electron chi connectivity index (χ2n) is 5.14. The molecular weight excluding hydrogens is 358 g/mol. The van der Waals surface area contributed by atoms with Crippen molar-refractivity contribution >= 4 is 39.7 Å². The number of fused-ring (bicyclic) bond motifs is 1. The Balaban J connectivity index is 1.73. The Labute approximate surface area is 149 Å². The first-order valence-corrected chi connectivity index (χ1v) is 8.99. The summed E-state index contributed by atoms with van der Waals surface area (Å²) in [6, 6.07) is 10.7. The average Bonchev–Trinajstić information content (AvgIpc) is 3.34. The van der Waals surface area contributed by atoms with Crippen molar-refractivity contribution in [2.45, 2.75) is 0 Å². The lowest BCUT2D eigenvalue weighted by molar-refractivity contribution is 0.0600. The van der Waals surface area contributed by atoms with Gasteiger partial charge in [-0.25, -0.2) is 4.79 Å². The Morgan fingerprint density at radius 3 is 2.68 bits per heavy atom. The van der Waals surface area contributed by atoms with E-state index in [1.165, 1.54) is 34.3 Å². The summed E-state index contributed by atoms with van der Waals surface area (Å²) in [4.78, 5) is 29.9. The lowest BCUT2D eigenvalue weighted by atomic mass is 10.1. The monoisotopic (exact) mass is 369 g/mol. The molecule has 0 unspecified atom stereocenters. The number of thiophene rings is 1. The van der Waals surface area contributed by atoms with Crippen molar-refractivity contribution in [3.63, 3.8) is 0 Å². The fraction of sp³-hybridized carbons (Fsp3) is 0.0588. The van der Waals surface area contributed by atoms with Crippen molar-refractivity contribution in [3.8, 4) is 10.7 Å². The molecule has 0 atom stereocenters. The molecule has 0 amide bonds. The number of thiazole rings is 1. The molecule has 0 radical (unpaired) electrons. The number of benzene rings is 1. The molecule has 0 bridgehead atoms. The maximum absolute atomic E-state index is 12.5. The molecule has 3 aromatic heterocycles. The summed E-state index contributed by atoms with van der Waals surface area (Å²) in [5.74, 6) is 0.170. The Morgan fingerprint density at radius 2 is 2.04 bits per heavy atom. The molecule has 6 nitrogen and oxygen atoms in total. The van der Waals surface area contributed by atoms with Crippen molar-refractivity contribution in [2.24, 2.45) is 0 Å². The fourth-order valence-electron chi connectivity index (χ4n) is 2.33. The van der Waals surface area contributed by atoms with E-state index in [2.05, 4.69) is 14.8 Å². The zero-order chi connectivity index (χ0) is 17.4. The molecule has 4 aromatic rings. The standard InChI is InChI=1S/C17H11N3O3S2/c1-23-16(22)11-6-4-10(5-7-11)9-13-15(21)20-17(25-13)18-14(19-20)12-3-2-8-24-12/h2-9H,1H3/b13-9+. The van der Waals surface area contributed by atoms with E-state index in [1.54, 1.807) is 30.3 Å². The minimum absolute atomic E-state index is 0.202. The third-order valence-corrected chi connectivity index (χ3v) is 5.38. The van der Waals surface area contributed by atoms with Crippen LogP contribution >= 0.6 is 22.7 Å². The van der Waals surface area contributed by atoms with Crippen molar-refractivity contribution in [1.82, 2.24) is 14.6 Å². The molecule has 1 aromatic carbocycles. The smallest absolute Gasteiger partial charge is 0.337 e. The first-order valence-electron chi connectivity index (χ1n) is 7.29. The van der Waals surface area contributed by atoms with Gasteiger partial charge in [-0.1, -0.05) is 29.5 Å². The zero-order valence-electron chi connectivity index (χ0n) is 13.0. The van der Waals surface area contributed by atoms with E-state index in [-0.39, 0.29) is 5.56 Å². The number of carbonyl (C=O) groups excluding carboxylic acids is 1. The molecule has 3 heterocycles. The average molecular weight is 369 g/mol. The molecule has 0 aliphatic heterocycles. The van der Waals surface area contributed by atoms with Gasteiger partial charge in [0, 0.05) is 0 Å². The van der Waals surface area contributed by atoms with Gasteiger partial charge in [0.15, 0.2) is 5.82 Å². The Kier molecular flexibility index (Phi) is 3.90. The normalized spacial score (nSPS) is 12.0. The van der Waals surface area contributed by atoms with E-state index >= 15 is 0 Å². The highest BCUT2D eigenvalue weighted by Gasteiger charge is 2.12. The van der Waals surface area contributed by atoms with Crippen LogP contribution in [0.3, 0.4) is 0 Å². The molecule has 25 heavy (non-hydrogen) atoms.